The molecule has 0 spiro atoms. The summed E-state index contributed by atoms with van der Waals surface area (Å²) in [7, 11) is 0. The lowest BCUT2D eigenvalue weighted by Gasteiger charge is -2.29. The van der Waals surface area contributed by atoms with Gasteiger partial charge in [-0.05, 0) is 60.2 Å². The van der Waals surface area contributed by atoms with Gasteiger partial charge in [0.15, 0.2) is 4.34 Å². The van der Waals surface area contributed by atoms with Crippen molar-refractivity contribution in [3.05, 3.63) is 90.0 Å². The van der Waals surface area contributed by atoms with Gasteiger partial charge in [0.1, 0.15) is 11.2 Å². The number of aromatic nitrogens is 1. The molecule has 1 amide bonds. The van der Waals surface area contributed by atoms with Crippen LogP contribution in [-0.4, -0.2) is 29.8 Å². The van der Waals surface area contributed by atoms with Crippen molar-refractivity contribution >= 4 is 39.2 Å². The highest BCUT2D eigenvalue weighted by atomic mass is 32.2. The van der Waals surface area contributed by atoms with Crippen LogP contribution in [0.4, 0.5) is 0 Å². The molecule has 1 aliphatic carbocycles. The second-order valence-electron chi connectivity index (χ2n) is 8.78. The van der Waals surface area contributed by atoms with Crippen LogP contribution in [0.3, 0.4) is 0 Å². The van der Waals surface area contributed by atoms with Gasteiger partial charge in [-0.3, -0.25) is 4.79 Å². The lowest BCUT2D eigenvalue weighted by Crippen LogP contribution is -2.44. The first-order valence-electron chi connectivity index (χ1n) is 12.5. The average molecular weight is 515 g/mol. The van der Waals surface area contributed by atoms with E-state index in [4.69, 9.17) is 9.72 Å². The molecule has 0 bridgehead atoms. The minimum absolute atomic E-state index is 0.0790. The number of nitrogens with one attached hydrogen (secondary N) is 1. The van der Waals surface area contributed by atoms with Gasteiger partial charge in [-0.25, -0.2) is 4.98 Å². The molecule has 0 fully saturated rings. The highest BCUT2D eigenvalue weighted by Crippen LogP contribution is 2.51. The van der Waals surface area contributed by atoms with Gasteiger partial charge < -0.3 is 10.1 Å². The first-order chi connectivity index (χ1) is 17.7. The molecule has 0 saturated heterocycles. The number of thioether (sulfide) groups is 1. The SMILES string of the molecule is CCCNC(=O)C1(CC=CCSc2nc3ccc(OCC)cc3s2)c2ccccc2-c2ccccc21. The fourth-order valence-electron chi connectivity index (χ4n) is 4.92. The number of carbonyl (C=O) groups is 1. The summed E-state index contributed by atoms with van der Waals surface area (Å²) < 4.78 is 7.79. The minimum Gasteiger partial charge on any atom is -0.494 e. The largest absolute Gasteiger partial charge is 0.494 e. The number of amides is 1. The number of fused-ring (bicyclic) bond motifs is 4. The summed E-state index contributed by atoms with van der Waals surface area (Å²) in [6.45, 7) is 5.40. The van der Waals surface area contributed by atoms with E-state index in [2.05, 4.69) is 66.9 Å². The Labute approximate surface area is 220 Å². The van der Waals surface area contributed by atoms with E-state index < -0.39 is 5.41 Å². The third-order valence-electron chi connectivity index (χ3n) is 6.53. The van der Waals surface area contributed by atoms with E-state index >= 15 is 0 Å². The van der Waals surface area contributed by atoms with Crippen molar-refractivity contribution in [3.63, 3.8) is 0 Å². The van der Waals surface area contributed by atoms with Crippen LogP contribution in [0, 0.1) is 0 Å². The van der Waals surface area contributed by atoms with Crippen LogP contribution >= 0.6 is 23.1 Å². The Morgan fingerprint density at radius 2 is 1.75 bits per heavy atom. The maximum Gasteiger partial charge on any atom is 0.235 e. The molecule has 1 aromatic heterocycles. The molecular formula is C30H30N2O2S2. The fourth-order valence-corrected chi connectivity index (χ4v) is 6.89. The van der Waals surface area contributed by atoms with Crippen LogP contribution < -0.4 is 10.1 Å². The number of nitrogens with zero attached hydrogens (tertiary/aromatic N) is 1. The van der Waals surface area contributed by atoms with Crippen LogP contribution in [-0.2, 0) is 10.2 Å². The zero-order valence-electron chi connectivity index (χ0n) is 20.6. The van der Waals surface area contributed by atoms with Gasteiger partial charge in [0.05, 0.1) is 16.8 Å². The molecule has 3 aromatic carbocycles. The number of hydrogen-bond donors (Lipinski definition) is 1. The minimum atomic E-state index is -0.713. The van der Waals surface area contributed by atoms with Gasteiger partial charge in [0.2, 0.25) is 5.91 Å². The molecule has 36 heavy (non-hydrogen) atoms. The molecule has 1 heterocycles. The first-order valence-corrected chi connectivity index (χ1v) is 14.3. The molecule has 0 saturated carbocycles. The molecule has 5 rings (SSSR count). The number of allylic oxidation sites excluding steroid dienone is 1. The lowest BCUT2D eigenvalue weighted by molar-refractivity contribution is -0.125. The molecular weight excluding hydrogens is 484 g/mol. The topological polar surface area (TPSA) is 51.2 Å². The van der Waals surface area contributed by atoms with Gasteiger partial charge in [-0.15, -0.1) is 11.3 Å². The predicted octanol–water partition coefficient (Wildman–Crippen LogP) is 7.23. The summed E-state index contributed by atoms with van der Waals surface area (Å²) >= 11 is 3.41. The number of ether oxygens (including phenoxy) is 1. The van der Waals surface area contributed by atoms with E-state index in [1.807, 2.05) is 31.2 Å². The highest BCUT2D eigenvalue weighted by molar-refractivity contribution is 8.01. The second kappa shape index (κ2) is 10.9. The monoisotopic (exact) mass is 514 g/mol. The maximum absolute atomic E-state index is 13.7. The number of rotatable bonds is 10. The lowest BCUT2D eigenvalue weighted by atomic mass is 9.74. The predicted molar refractivity (Wildman–Crippen MR) is 151 cm³/mol. The van der Waals surface area contributed by atoms with E-state index in [1.165, 1.54) is 0 Å². The Bertz CT molecular complexity index is 1360. The number of hydrogen-bond acceptors (Lipinski definition) is 5. The number of thiazole rings is 1. The van der Waals surface area contributed by atoms with Gasteiger partial charge in [-0.2, -0.15) is 0 Å². The van der Waals surface area contributed by atoms with E-state index in [0.29, 0.717) is 19.6 Å². The van der Waals surface area contributed by atoms with Crippen LogP contribution in [0.25, 0.3) is 21.3 Å². The van der Waals surface area contributed by atoms with Gasteiger partial charge in [0, 0.05) is 12.3 Å². The average Bonchev–Trinajstić information content (AvgIpc) is 3.44. The quantitative estimate of drug-likeness (QED) is 0.179. The Hall–Kier alpha value is -3.09. The summed E-state index contributed by atoms with van der Waals surface area (Å²) in [4.78, 5) is 18.5. The van der Waals surface area contributed by atoms with Crippen LogP contribution in [0.1, 0.15) is 37.8 Å². The molecule has 0 atom stereocenters. The van der Waals surface area contributed by atoms with E-state index in [9.17, 15) is 4.79 Å². The van der Waals surface area contributed by atoms with E-state index in [1.54, 1.807) is 23.1 Å². The number of carbonyl (C=O) groups excluding carboxylic acids is 1. The third kappa shape index (κ3) is 4.56. The third-order valence-corrected chi connectivity index (χ3v) is 8.65. The molecule has 0 unspecified atom stereocenters. The van der Waals surface area contributed by atoms with E-state index in [-0.39, 0.29) is 5.91 Å². The van der Waals surface area contributed by atoms with Crippen molar-refractivity contribution in [2.24, 2.45) is 0 Å². The molecule has 0 radical (unpaired) electrons. The Morgan fingerprint density at radius 1 is 1.03 bits per heavy atom. The van der Waals surface area contributed by atoms with Crippen molar-refractivity contribution in [1.29, 1.82) is 0 Å². The zero-order valence-corrected chi connectivity index (χ0v) is 22.3. The van der Waals surface area contributed by atoms with Crippen molar-refractivity contribution in [2.75, 3.05) is 18.9 Å². The van der Waals surface area contributed by atoms with Crippen molar-refractivity contribution in [1.82, 2.24) is 10.3 Å². The molecule has 4 nitrogen and oxygen atoms in total. The van der Waals surface area contributed by atoms with Gasteiger partial charge in [-0.1, -0.05) is 79.4 Å². The zero-order chi connectivity index (χ0) is 25.0. The van der Waals surface area contributed by atoms with Gasteiger partial charge >= 0.3 is 0 Å². The summed E-state index contributed by atoms with van der Waals surface area (Å²) in [6.07, 6.45) is 5.86. The summed E-state index contributed by atoms with van der Waals surface area (Å²) in [5.41, 5.74) is 4.78. The molecule has 184 valence electrons. The molecule has 1 aliphatic rings. The standard InChI is InChI=1S/C30H30N2O2S2/c1-3-18-31-28(33)30(24-13-7-5-11-22(24)23-12-6-8-14-25(23)30)17-9-10-19-35-29-32-26-16-15-21(34-4-2)20-27(26)36-29/h5-16,20H,3-4,17-19H2,1-2H3,(H,31,33). The molecule has 1 N–H and O–H groups in total. The molecule has 6 heteroatoms. The molecule has 0 aliphatic heterocycles. The summed E-state index contributed by atoms with van der Waals surface area (Å²) in [5, 5.41) is 3.20. The summed E-state index contributed by atoms with van der Waals surface area (Å²) in [5.74, 6) is 1.76. The summed E-state index contributed by atoms with van der Waals surface area (Å²) in [6, 6.07) is 22.7. The Kier molecular flexibility index (Phi) is 7.44. The maximum atomic E-state index is 13.7. The van der Waals surface area contributed by atoms with Crippen LogP contribution in [0.15, 0.2) is 83.2 Å². The van der Waals surface area contributed by atoms with Crippen molar-refractivity contribution in [2.45, 2.75) is 36.4 Å². The van der Waals surface area contributed by atoms with Gasteiger partial charge in [0.25, 0.3) is 0 Å². The highest BCUT2D eigenvalue weighted by Gasteiger charge is 2.47. The molecule has 4 aromatic rings. The van der Waals surface area contributed by atoms with Crippen LogP contribution in [0.2, 0.25) is 0 Å². The first kappa shape index (κ1) is 24.6. The normalized spacial score (nSPS) is 13.6. The fraction of sp³-hybridized carbons (Fsp3) is 0.267. The number of benzene rings is 3. The second-order valence-corrected chi connectivity index (χ2v) is 11.1. The van der Waals surface area contributed by atoms with E-state index in [0.717, 1.165) is 54.7 Å². The Morgan fingerprint density at radius 3 is 2.44 bits per heavy atom. The smallest absolute Gasteiger partial charge is 0.235 e. The van der Waals surface area contributed by atoms with Crippen molar-refractivity contribution < 1.29 is 9.53 Å². The van der Waals surface area contributed by atoms with Crippen LogP contribution in [0.5, 0.6) is 5.75 Å². The van der Waals surface area contributed by atoms with Crippen molar-refractivity contribution in [3.8, 4) is 16.9 Å². The Balaban J connectivity index is 1.36.